The fraction of sp³-hybridized carbons (Fsp3) is 0.280. The number of carbonyl (C=O) groups is 3. The van der Waals surface area contributed by atoms with Crippen molar-refractivity contribution in [2.75, 3.05) is 33.7 Å². The van der Waals surface area contributed by atoms with Gasteiger partial charge < -0.3 is 19.8 Å². The third-order valence-electron chi connectivity index (χ3n) is 6.00. The van der Waals surface area contributed by atoms with Crippen LogP contribution in [-0.4, -0.2) is 82.5 Å². The molecule has 34 heavy (non-hydrogen) atoms. The van der Waals surface area contributed by atoms with Gasteiger partial charge in [0, 0.05) is 61.8 Å². The number of benzene rings is 2. The number of carbonyl (C=O) groups excluding carboxylic acids is 2. The predicted octanol–water partition coefficient (Wildman–Crippen LogP) is 4.08. The Morgan fingerprint density at radius 1 is 1.03 bits per heavy atom. The summed E-state index contributed by atoms with van der Waals surface area (Å²) in [6.45, 7) is 2.73. The number of nitrogens with zero attached hydrogens (tertiary/aromatic N) is 4. The molecule has 2 heterocycles. The molecular formula is C25H25ClN4O4. The van der Waals surface area contributed by atoms with E-state index in [4.69, 9.17) is 16.6 Å². The molecule has 0 radical (unpaired) electrons. The van der Waals surface area contributed by atoms with Crippen LogP contribution < -0.4 is 0 Å². The summed E-state index contributed by atoms with van der Waals surface area (Å²) >= 11 is 6.52. The smallest absolute Gasteiger partial charge is 0.407 e. The third kappa shape index (κ3) is 4.54. The highest BCUT2D eigenvalue weighted by Gasteiger charge is 2.30. The Hall–Kier alpha value is -3.65. The summed E-state index contributed by atoms with van der Waals surface area (Å²) in [4.78, 5) is 45.8. The van der Waals surface area contributed by atoms with Crippen LogP contribution >= 0.6 is 11.6 Å². The number of rotatable bonds is 3. The van der Waals surface area contributed by atoms with E-state index < -0.39 is 6.09 Å². The van der Waals surface area contributed by atoms with E-state index in [0.29, 0.717) is 40.4 Å². The number of carboxylic acid groups (broad SMARTS) is 1. The summed E-state index contributed by atoms with van der Waals surface area (Å²) in [5.41, 5.74) is 3.06. The van der Waals surface area contributed by atoms with Crippen LogP contribution in [0.15, 0.2) is 48.5 Å². The van der Waals surface area contributed by atoms with E-state index in [0.717, 1.165) is 10.9 Å². The average molecular weight is 481 g/mol. The second kappa shape index (κ2) is 9.30. The molecule has 3 amide bonds. The first-order valence-corrected chi connectivity index (χ1v) is 11.2. The van der Waals surface area contributed by atoms with Crippen molar-refractivity contribution in [2.24, 2.45) is 0 Å². The Balaban J connectivity index is 1.62. The van der Waals surface area contributed by atoms with Gasteiger partial charge in [-0.1, -0.05) is 29.8 Å². The predicted molar refractivity (Wildman–Crippen MR) is 130 cm³/mol. The highest BCUT2D eigenvalue weighted by molar-refractivity contribution is 6.35. The molecule has 3 aromatic rings. The fourth-order valence-electron chi connectivity index (χ4n) is 4.12. The van der Waals surface area contributed by atoms with Crippen LogP contribution in [0.3, 0.4) is 0 Å². The summed E-state index contributed by atoms with van der Waals surface area (Å²) in [6.07, 6.45) is -0.976. The lowest BCUT2D eigenvalue weighted by atomic mass is 10.0. The van der Waals surface area contributed by atoms with Crippen molar-refractivity contribution in [3.8, 4) is 11.3 Å². The molecule has 4 rings (SSSR count). The summed E-state index contributed by atoms with van der Waals surface area (Å²) in [5.74, 6) is -0.258. The number of fused-ring (bicyclic) bond motifs is 1. The molecule has 0 aliphatic carbocycles. The van der Waals surface area contributed by atoms with Crippen LogP contribution in [0.4, 0.5) is 4.79 Å². The lowest BCUT2D eigenvalue weighted by molar-refractivity contribution is 0.0507. The summed E-state index contributed by atoms with van der Waals surface area (Å²) < 4.78 is 0. The van der Waals surface area contributed by atoms with Gasteiger partial charge in [-0.25, -0.2) is 9.78 Å². The van der Waals surface area contributed by atoms with E-state index in [9.17, 15) is 19.5 Å². The van der Waals surface area contributed by atoms with Crippen molar-refractivity contribution in [2.45, 2.75) is 13.0 Å². The molecule has 1 N–H and O–H groups in total. The molecule has 176 valence electrons. The van der Waals surface area contributed by atoms with Gasteiger partial charge in [-0.2, -0.15) is 0 Å². The highest BCUT2D eigenvalue weighted by Crippen LogP contribution is 2.29. The zero-order valence-electron chi connectivity index (χ0n) is 19.2. The van der Waals surface area contributed by atoms with Crippen LogP contribution in [0.2, 0.25) is 5.02 Å². The molecule has 2 aromatic carbocycles. The van der Waals surface area contributed by atoms with Gasteiger partial charge in [0.1, 0.15) is 0 Å². The molecule has 1 saturated heterocycles. The monoisotopic (exact) mass is 480 g/mol. The summed E-state index contributed by atoms with van der Waals surface area (Å²) in [7, 11) is 3.40. The molecule has 1 aliphatic rings. The maximum Gasteiger partial charge on any atom is 0.407 e. The van der Waals surface area contributed by atoms with Crippen LogP contribution in [0.1, 0.15) is 27.6 Å². The quantitative estimate of drug-likeness (QED) is 0.609. The van der Waals surface area contributed by atoms with Gasteiger partial charge >= 0.3 is 6.09 Å². The van der Waals surface area contributed by atoms with E-state index in [-0.39, 0.29) is 24.4 Å². The lowest BCUT2D eigenvalue weighted by Crippen LogP contribution is -2.55. The Morgan fingerprint density at radius 3 is 2.32 bits per heavy atom. The molecule has 1 aromatic heterocycles. The minimum Gasteiger partial charge on any atom is -0.465 e. The second-order valence-corrected chi connectivity index (χ2v) is 8.98. The number of piperazine rings is 1. The average Bonchev–Trinajstić information content (AvgIpc) is 2.82. The Morgan fingerprint density at radius 2 is 1.71 bits per heavy atom. The lowest BCUT2D eigenvalue weighted by Gasteiger charge is -2.38. The minimum atomic E-state index is -0.976. The van der Waals surface area contributed by atoms with E-state index in [1.54, 1.807) is 62.3 Å². The highest BCUT2D eigenvalue weighted by atomic mass is 35.5. The number of hydrogen-bond acceptors (Lipinski definition) is 4. The third-order valence-corrected chi connectivity index (χ3v) is 6.31. The van der Waals surface area contributed by atoms with Crippen LogP contribution in [0, 0.1) is 0 Å². The van der Waals surface area contributed by atoms with E-state index >= 15 is 0 Å². The standard InChI is InChI=1S/C25H25ClN4O4/c1-15-14-29(10-11-30(15)25(33)34)24(32)18-8-9-19-20(26)13-21(27-22(19)12-18)16-4-6-17(7-5-16)23(31)28(2)3/h4-9,12-13,15H,10-11,14H2,1-3H3,(H,33,34)/t15-/m1/s1. The van der Waals surface area contributed by atoms with Gasteiger partial charge in [0.2, 0.25) is 0 Å². The maximum absolute atomic E-state index is 13.1. The van der Waals surface area contributed by atoms with E-state index in [2.05, 4.69) is 0 Å². The molecule has 8 nitrogen and oxygen atoms in total. The van der Waals surface area contributed by atoms with Crippen LogP contribution in [0.25, 0.3) is 22.2 Å². The van der Waals surface area contributed by atoms with Crippen molar-refractivity contribution >= 4 is 40.4 Å². The molecule has 9 heteroatoms. The molecule has 1 aliphatic heterocycles. The summed E-state index contributed by atoms with van der Waals surface area (Å²) in [6, 6.07) is 13.8. The summed E-state index contributed by atoms with van der Waals surface area (Å²) in [5, 5.41) is 10.5. The van der Waals surface area contributed by atoms with Crippen molar-refractivity contribution in [3.05, 3.63) is 64.7 Å². The first-order valence-electron chi connectivity index (χ1n) is 10.9. The van der Waals surface area contributed by atoms with Gasteiger partial charge in [0.05, 0.1) is 16.2 Å². The first kappa shape index (κ1) is 23.5. The fourth-order valence-corrected chi connectivity index (χ4v) is 4.38. The second-order valence-electron chi connectivity index (χ2n) is 8.57. The molecule has 0 bridgehead atoms. The zero-order valence-corrected chi connectivity index (χ0v) is 19.9. The maximum atomic E-state index is 13.1. The van der Waals surface area contributed by atoms with Crippen molar-refractivity contribution in [1.82, 2.24) is 19.7 Å². The Kier molecular flexibility index (Phi) is 6.43. The van der Waals surface area contributed by atoms with Crippen molar-refractivity contribution in [3.63, 3.8) is 0 Å². The molecule has 0 unspecified atom stereocenters. The van der Waals surface area contributed by atoms with E-state index in [1.165, 1.54) is 9.80 Å². The largest absolute Gasteiger partial charge is 0.465 e. The first-order chi connectivity index (χ1) is 16.2. The van der Waals surface area contributed by atoms with Gasteiger partial charge in [0.15, 0.2) is 0 Å². The molecular weight excluding hydrogens is 456 g/mol. The number of aromatic nitrogens is 1. The van der Waals surface area contributed by atoms with Gasteiger partial charge in [-0.05, 0) is 37.3 Å². The SMILES string of the molecule is C[C@@H]1CN(C(=O)c2ccc3c(Cl)cc(-c4ccc(C(=O)N(C)C)cc4)nc3c2)CCN1C(=O)O. The molecule has 0 saturated carbocycles. The van der Waals surface area contributed by atoms with Gasteiger partial charge in [-0.3, -0.25) is 9.59 Å². The van der Waals surface area contributed by atoms with Crippen LogP contribution in [0.5, 0.6) is 0 Å². The van der Waals surface area contributed by atoms with Gasteiger partial charge in [0.25, 0.3) is 11.8 Å². The van der Waals surface area contributed by atoms with Crippen molar-refractivity contribution in [1.29, 1.82) is 0 Å². The van der Waals surface area contributed by atoms with Crippen molar-refractivity contribution < 1.29 is 19.5 Å². The Labute approximate surface area is 202 Å². The van der Waals surface area contributed by atoms with Gasteiger partial charge in [-0.15, -0.1) is 0 Å². The number of amides is 3. The van der Waals surface area contributed by atoms with Crippen LogP contribution in [-0.2, 0) is 0 Å². The Bertz CT molecular complexity index is 1280. The molecule has 1 fully saturated rings. The number of hydrogen-bond donors (Lipinski definition) is 1. The zero-order chi connectivity index (χ0) is 24.6. The normalized spacial score (nSPS) is 15.9. The molecule has 1 atom stereocenters. The topological polar surface area (TPSA) is 94.1 Å². The minimum absolute atomic E-state index is 0.0855. The number of pyridine rings is 1. The van der Waals surface area contributed by atoms with E-state index in [1.807, 2.05) is 12.1 Å². The molecule has 0 spiro atoms. The number of halogens is 1.